The Hall–Kier alpha value is -0.820. The Morgan fingerprint density at radius 1 is 1.58 bits per heavy atom. The average Bonchev–Trinajstić information content (AvgIpc) is 2.56. The molecule has 0 saturated carbocycles. The molecule has 8 nitrogen and oxygen atoms in total. The van der Waals surface area contributed by atoms with E-state index in [0.717, 1.165) is 6.20 Å². The van der Waals surface area contributed by atoms with Crippen molar-refractivity contribution in [3.05, 3.63) is 30.6 Å². The van der Waals surface area contributed by atoms with Gasteiger partial charge >= 0.3 is 5.69 Å². The molecule has 0 bridgehead atoms. The van der Waals surface area contributed by atoms with Gasteiger partial charge in [-0.3, -0.25) is 14.3 Å². The molecule has 0 unspecified atom stereocenters. The van der Waals surface area contributed by atoms with E-state index in [9.17, 15) is 24.2 Å². The quantitative estimate of drug-likeness (QED) is 0.437. The number of halogens is 2. The average molecular weight is 388 g/mol. The van der Waals surface area contributed by atoms with Gasteiger partial charge in [-0.2, -0.15) is 0 Å². The van der Waals surface area contributed by atoms with Crippen LogP contribution in [-0.2, 0) is 4.74 Å². The third-order valence-electron chi connectivity index (χ3n) is 2.77. The molecular weight excluding hydrogens is 378 g/mol. The molecule has 10 heteroatoms. The highest BCUT2D eigenvalue weighted by atomic mass is 127. The van der Waals surface area contributed by atoms with Gasteiger partial charge in [0.1, 0.15) is 12.2 Å². The molecule has 0 aliphatic carbocycles. The summed E-state index contributed by atoms with van der Waals surface area (Å²) in [5.41, 5.74) is -1.67. The van der Waals surface area contributed by atoms with E-state index >= 15 is 0 Å². The third-order valence-corrected chi connectivity index (χ3v) is 3.54. The van der Waals surface area contributed by atoms with Crippen molar-refractivity contribution in [3.63, 3.8) is 0 Å². The van der Waals surface area contributed by atoms with Crippen LogP contribution in [0.1, 0.15) is 6.23 Å². The number of ether oxygens (including phenoxy) is 1. The number of aliphatic hydroxyl groups excluding tert-OH is 2. The molecule has 1 aliphatic rings. The summed E-state index contributed by atoms with van der Waals surface area (Å²) in [7, 11) is 0. The van der Waals surface area contributed by atoms with Crippen molar-refractivity contribution in [1.29, 1.82) is 0 Å². The Morgan fingerprint density at radius 2 is 2.21 bits per heavy atom. The molecule has 4 N–H and O–H groups in total. The first-order valence-electron chi connectivity index (χ1n) is 5.15. The molecule has 19 heavy (non-hydrogen) atoms. The fraction of sp³-hybridized carbons (Fsp3) is 0.556. The van der Waals surface area contributed by atoms with Crippen LogP contribution < -0.4 is 11.2 Å². The van der Waals surface area contributed by atoms with Crippen LogP contribution in [0.2, 0.25) is 0 Å². The van der Waals surface area contributed by atoms with Gasteiger partial charge in [0.25, 0.3) is 11.4 Å². The van der Waals surface area contributed by atoms with Gasteiger partial charge in [0.2, 0.25) is 0 Å². The molecule has 0 radical (unpaired) electrons. The number of H-pyrrole nitrogens is 1. The van der Waals surface area contributed by atoms with Gasteiger partial charge in [-0.25, -0.2) is 9.18 Å². The summed E-state index contributed by atoms with van der Waals surface area (Å²) in [6.07, 6.45) is -4.27. The molecule has 1 aromatic heterocycles. The zero-order chi connectivity index (χ0) is 14.4. The van der Waals surface area contributed by atoms with E-state index < -0.39 is 42.1 Å². The Kier molecular flexibility index (Phi) is 3.79. The van der Waals surface area contributed by atoms with E-state index in [2.05, 4.69) is 0 Å². The van der Waals surface area contributed by atoms with E-state index in [-0.39, 0.29) is 3.57 Å². The molecule has 4 atom stereocenters. The van der Waals surface area contributed by atoms with Gasteiger partial charge in [-0.15, -0.1) is 0 Å². The Labute approximate surface area is 118 Å². The minimum Gasteiger partial charge on any atom is -0.394 e. The Balaban J connectivity index is 2.51. The number of hydrogen-bond acceptors (Lipinski definition) is 6. The van der Waals surface area contributed by atoms with E-state index in [1.807, 2.05) is 4.98 Å². The second kappa shape index (κ2) is 4.94. The van der Waals surface area contributed by atoms with Gasteiger partial charge in [0.05, 0.1) is 10.2 Å². The lowest BCUT2D eigenvalue weighted by Crippen LogP contribution is -2.46. The topological polar surface area (TPSA) is 125 Å². The van der Waals surface area contributed by atoms with Crippen molar-refractivity contribution in [2.75, 3.05) is 6.61 Å². The number of aliphatic hydroxyl groups is 3. The van der Waals surface area contributed by atoms with Crippen molar-refractivity contribution in [2.45, 2.75) is 24.3 Å². The maximum Gasteiger partial charge on any atom is 0.330 e. The highest BCUT2D eigenvalue weighted by molar-refractivity contribution is 14.1. The Morgan fingerprint density at radius 3 is 2.74 bits per heavy atom. The van der Waals surface area contributed by atoms with Crippen LogP contribution in [0.5, 0.6) is 0 Å². The maximum absolute atomic E-state index is 14.0. The minimum atomic E-state index is -3.27. The monoisotopic (exact) mass is 388 g/mol. The van der Waals surface area contributed by atoms with Gasteiger partial charge in [-0.1, -0.05) is 0 Å². The van der Waals surface area contributed by atoms with Crippen molar-refractivity contribution in [3.8, 4) is 0 Å². The van der Waals surface area contributed by atoms with Crippen LogP contribution >= 0.6 is 22.6 Å². The molecule has 1 saturated heterocycles. The van der Waals surface area contributed by atoms with Gasteiger partial charge < -0.3 is 20.1 Å². The normalized spacial score (nSPS) is 34.7. The van der Waals surface area contributed by atoms with E-state index in [1.165, 1.54) is 0 Å². The summed E-state index contributed by atoms with van der Waals surface area (Å²) in [6, 6.07) is 0. The fourth-order valence-corrected chi connectivity index (χ4v) is 2.22. The van der Waals surface area contributed by atoms with Crippen LogP contribution in [-0.4, -0.2) is 49.5 Å². The number of rotatable bonds is 2. The summed E-state index contributed by atoms with van der Waals surface area (Å²) in [6.45, 7) is -0.737. The van der Waals surface area contributed by atoms with Gasteiger partial charge in [0, 0.05) is 6.20 Å². The van der Waals surface area contributed by atoms with Gasteiger partial charge in [0.15, 0.2) is 6.23 Å². The zero-order valence-electron chi connectivity index (χ0n) is 9.29. The second-order valence-corrected chi connectivity index (χ2v) is 5.19. The first-order chi connectivity index (χ1) is 8.78. The van der Waals surface area contributed by atoms with Gasteiger partial charge in [-0.05, 0) is 22.6 Å². The standard InChI is InChI=1S/C9H10FIN2O6/c10-9(18)5(15)4(2-14)19-7(9)13-1-3(11)6(16)12-8(13)17/h1,4-5,7,14-15,18H,2H2,(H,12,16,17)/t4-,5-,7-,9+/m0/s1. The van der Waals surface area contributed by atoms with Crippen LogP contribution in [0.3, 0.4) is 0 Å². The minimum absolute atomic E-state index is 0.0681. The number of nitrogens with one attached hydrogen (secondary N) is 1. The number of nitrogens with zero attached hydrogens (tertiary/aromatic N) is 1. The molecule has 2 heterocycles. The predicted molar refractivity (Wildman–Crippen MR) is 67.1 cm³/mol. The second-order valence-electron chi connectivity index (χ2n) is 4.03. The molecule has 0 aromatic carbocycles. The van der Waals surface area contributed by atoms with E-state index in [0.29, 0.717) is 4.57 Å². The molecule has 106 valence electrons. The summed E-state index contributed by atoms with van der Waals surface area (Å²) in [5.74, 6) is -3.27. The number of aromatic amines is 1. The largest absolute Gasteiger partial charge is 0.394 e. The predicted octanol–water partition coefficient (Wildman–Crippen LogP) is -1.95. The highest BCUT2D eigenvalue weighted by Crippen LogP contribution is 2.38. The fourth-order valence-electron chi connectivity index (χ4n) is 1.78. The molecule has 2 rings (SSSR count). The highest BCUT2D eigenvalue weighted by Gasteiger charge is 2.57. The van der Waals surface area contributed by atoms with Crippen LogP contribution in [0.25, 0.3) is 0 Å². The number of alkyl halides is 1. The third kappa shape index (κ3) is 2.33. The molecule has 0 amide bonds. The van der Waals surface area contributed by atoms with Crippen molar-refractivity contribution < 1.29 is 24.4 Å². The molecule has 1 aromatic rings. The van der Waals surface area contributed by atoms with Crippen molar-refractivity contribution >= 4 is 22.6 Å². The summed E-state index contributed by atoms with van der Waals surface area (Å²) in [5, 5.41) is 27.9. The van der Waals surface area contributed by atoms with Crippen LogP contribution in [0, 0.1) is 3.57 Å². The zero-order valence-corrected chi connectivity index (χ0v) is 11.4. The van der Waals surface area contributed by atoms with Crippen molar-refractivity contribution in [2.24, 2.45) is 0 Å². The summed E-state index contributed by atoms with van der Waals surface area (Å²) >= 11 is 1.61. The SMILES string of the molecule is O=c1[nH]c(=O)n([C@H]2O[C@@H](CO)[C@H](O)[C@]2(O)F)cc1I. The first-order valence-corrected chi connectivity index (χ1v) is 6.23. The molecular formula is C9H10FIN2O6. The summed E-state index contributed by atoms with van der Waals surface area (Å²) < 4.78 is 19.6. The summed E-state index contributed by atoms with van der Waals surface area (Å²) in [4.78, 5) is 24.7. The van der Waals surface area contributed by atoms with E-state index in [1.54, 1.807) is 22.6 Å². The van der Waals surface area contributed by atoms with Crippen LogP contribution in [0.4, 0.5) is 4.39 Å². The molecule has 0 spiro atoms. The smallest absolute Gasteiger partial charge is 0.330 e. The van der Waals surface area contributed by atoms with Crippen LogP contribution in [0.15, 0.2) is 15.8 Å². The lowest BCUT2D eigenvalue weighted by atomic mass is 10.1. The lowest BCUT2D eigenvalue weighted by molar-refractivity contribution is -0.197. The Bertz CT molecular complexity index is 599. The number of hydrogen-bond donors (Lipinski definition) is 4. The first kappa shape index (κ1) is 14.6. The molecule has 1 fully saturated rings. The van der Waals surface area contributed by atoms with E-state index in [4.69, 9.17) is 9.84 Å². The maximum atomic E-state index is 14.0. The number of aromatic nitrogens is 2. The van der Waals surface area contributed by atoms with Crippen molar-refractivity contribution in [1.82, 2.24) is 9.55 Å². The molecule has 1 aliphatic heterocycles. The lowest BCUT2D eigenvalue weighted by Gasteiger charge is -2.23.